The van der Waals surface area contributed by atoms with Gasteiger partial charge in [0.25, 0.3) is 0 Å². The van der Waals surface area contributed by atoms with E-state index in [0.717, 1.165) is 4.48 Å². The first-order chi connectivity index (χ1) is 9.27. The van der Waals surface area contributed by atoms with Gasteiger partial charge in [-0.05, 0) is 25.0 Å². The van der Waals surface area contributed by atoms with Crippen LogP contribution in [0.5, 0.6) is 0 Å². The molecule has 19 heavy (non-hydrogen) atoms. The first kappa shape index (κ1) is 16.5. The van der Waals surface area contributed by atoms with Crippen molar-refractivity contribution in [1.29, 1.82) is 0 Å². The van der Waals surface area contributed by atoms with Crippen molar-refractivity contribution in [3.63, 3.8) is 0 Å². The van der Waals surface area contributed by atoms with Crippen LogP contribution in [-0.4, -0.2) is 24.6 Å². The van der Waals surface area contributed by atoms with Gasteiger partial charge in [0.15, 0.2) is 0 Å². The van der Waals surface area contributed by atoms with Crippen molar-refractivity contribution >= 4 is 0 Å². The van der Waals surface area contributed by atoms with Gasteiger partial charge in [0, 0.05) is 0 Å². The van der Waals surface area contributed by atoms with Crippen molar-refractivity contribution < 1.29 is 4.48 Å². The van der Waals surface area contributed by atoms with E-state index in [0.29, 0.717) is 0 Å². The molecule has 0 amide bonds. The van der Waals surface area contributed by atoms with Crippen molar-refractivity contribution in [3.05, 3.63) is 24.4 Å². The second-order valence-electron chi connectivity index (χ2n) is 6.34. The molecule has 0 bridgehead atoms. The predicted octanol–water partition coefficient (Wildman–Crippen LogP) is 5.44. The van der Waals surface area contributed by atoms with Crippen molar-refractivity contribution in [3.8, 4) is 0 Å². The zero-order chi connectivity index (χ0) is 13.8. The molecule has 0 radical (unpaired) electrons. The Bertz CT molecular complexity index is 267. The molecule has 0 fully saturated rings. The molecule has 1 nitrogen and oxygen atoms in total. The third-order valence-corrected chi connectivity index (χ3v) is 4.24. The van der Waals surface area contributed by atoms with E-state index >= 15 is 0 Å². The molecule has 0 spiro atoms. The first-order valence-corrected chi connectivity index (χ1v) is 8.45. The van der Waals surface area contributed by atoms with Gasteiger partial charge in [-0.2, -0.15) is 0 Å². The average molecular weight is 264 g/mol. The highest BCUT2D eigenvalue weighted by Gasteiger charge is 2.17. The molecular weight excluding hydrogens is 230 g/mol. The molecule has 1 heteroatoms. The Morgan fingerprint density at radius 2 is 1.37 bits per heavy atom. The SMILES string of the molecule is CCCCCCCCCCCC[N+]1(C)C=CC=CC1. The fourth-order valence-electron chi connectivity index (χ4n) is 2.82. The van der Waals surface area contributed by atoms with Gasteiger partial charge in [-0.25, -0.2) is 0 Å². The summed E-state index contributed by atoms with van der Waals surface area (Å²) in [5, 5.41) is 0. The summed E-state index contributed by atoms with van der Waals surface area (Å²) in [6.07, 6.45) is 23.3. The van der Waals surface area contributed by atoms with Gasteiger partial charge in [0.05, 0.1) is 19.8 Å². The van der Waals surface area contributed by atoms with Crippen LogP contribution in [0.15, 0.2) is 24.4 Å². The number of quaternary nitrogens is 1. The Balaban J connectivity index is 1.86. The first-order valence-electron chi connectivity index (χ1n) is 8.45. The molecule has 1 unspecified atom stereocenters. The monoisotopic (exact) mass is 264 g/mol. The minimum atomic E-state index is 1.10. The molecule has 1 heterocycles. The minimum absolute atomic E-state index is 1.10. The third-order valence-electron chi connectivity index (χ3n) is 4.24. The van der Waals surface area contributed by atoms with E-state index in [9.17, 15) is 0 Å². The van der Waals surface area contributed by atoms with Gasteiger partial charge in [-0.3, -0.25) is 4.48 Å². The lowest BCUT2D eigenvalue weighted by molar-refractivity contribution is -0.854. The summed E-state index contributed by atoms with van der Waals surface area (Å²) in [5.41, 5.74) is 0. The summed E-state index contributed by atoms with van der Waals surface area (Å²) in [6.45, 7) is 4.77. The number of hydrogen-bond acceptors (Lipinski definition) is 0. The maximum atomic E-state index is 2.34. The van der Waals surface area contributed by atoms with Gasteiger partial charge in [0.2, 0.25) is 0 Å². The topological polar surface area (TPSA) is 0 Å². The van der Waals surface area contributed by atoms with E-state index in [2.05, 4.69) is 38.4 Å². The number of rotatable bonds is 11. The number of nitrogens with zero attached hydrogens (tertiary/aromatic N) is 1. The molecule has 1 atom stereocenters. The number of likely N-dealkylation sites (N-methyl/N-ethyl adjacent to an activating group) is 1. The zero-order valence-electron chi connectivity index (χ0n) is 13.2. The van der Waals surface area contributed by atoms with Gasteiger partial charge >= 0.3 is 0 Å². The van der Waals surface area contributed by atoms with E-state index in [1.54, 1.807) is 0 Å². The fourth-order valence-corrected chi connectivity index (χ4v) is 2.82. The summed E-state index contributed by atoms with van der Waals surface area (Å²) in [4.78, 5) is 0. The van der Waals surface area contributed by atoms with Gasteiger partial charge in [-0.1, -0.05) is 64.4 Å². The highest BCUT2D eigenvalue weighted by atomic mass is 15.3. The van der Waals surface area contributed by atoms with Crippen LogP contribution in [0.2, 0.25) is 0 Å². The molecule has 1 aliphatic heterocycles. The van der Waals surface area contributed by atoms with Crippen LogP contribution in [0.25, 0.3) is 0 Å². The maximum absolute atomic E-state index is 2.34. The minimum Gasteiger partial charge on any atom is -0.296 e. The van der Waals surface area contributed by atoms with Crippen LogP contribution in [0.1, 0.15) is 71.1 Å². The summed E-state index contributed by atoms with van der Waals surface area (Å²) >= 11 is 0. The van der Waals surface area contributed by atoms with Crippen molar-refractivity contribution in [2.75, 3.05) is 20.1 Å². The molecule has 0 N–H and O–H groups in total. The Labute approximate surface area is 121 Å². The second kappa shape index (κ2) is 10.3. The normalized spacial score (nSPS) is 22.0. The molecular formula is C18H34N+. The van der Waals surface area contributed by atoms with E-state index < -0.39 is 0 Å². The van der Waals surface area contributed by atoms with E-state index in [1.165, 1.54) is 77.3 Å². The standard InChI is InChI=1S/C18H34N/c1-3-4-5-6-7-8-9-10-11-13-16-19(2)17-14-12-15-18-19/h12,14-15,17H,3-11,13,16,18H2,1-2H3/q+1. The fraction of sp³-hybridized carbons (Fsp3) is 0.778. The Hall–Kier alpha value is -0.560. The lowest BCUT2D eigenvalue weighted by Gasteiger charge is -2.30. The smallest absolute Gasteiger partial charge is 0.102 e. The van der Waals surface area contributed by atoms with Gasteiger partial charge in [-0.15, -0.1) is 0 Å². The number of unbranched alkanes of at least 4 members (excludes halogenated alkanes) is 9. The van der Waals surface area contributed by atoms with E-state index in [-0.39, 0.29) is 0 Å². The lowest BCUT2D eigenvalue weighted by Crippen LogP contribution is -2.40. The molecule has 0 aromatic carbocycles. The molecule has 110 valence electrons. The third kappa shape index (κ3) is 8.26. The molecule has 0 aliphatic carbocycles. The molecule has 1 aliphatic rings. The average Bonchev–Trinajstić information content (AvgIpc) is 2.42. The molecule has 0 aromatic heterocycles. The van der Waals surface area contributed by atoms with Crippen LogP contribution in [0, 0.1) is 0 Å². The van der Waals surface area contributed by atoms with Crippen LogP contribution in [-0.2, 0) is 0 Å². The maximum Gasteiger partial charge on any atom is 0.102 e. The van der Waals surface area contributed by atoms with Crippen LogP contribution in [0.4, 0.5) is 0 Å². The number of allylic oxidation sites excluding steroid dienone is 2. The van der Waals surface area contributed by atoms with E-state index in [1.807, 2.05) is 0 Å². The highest BCUT2D eigenvalue weighted by Crippen LogP contribution is 2.14. The second-order valence-corrected chi connectivity index (χ2v) is 6.34. The molecule has 0 saturated carbocycles. The summed E-state index contributed by atoms with van der Waals surface area (Å²) in [5.74, 6) is 0. The molecule has 1 rings (SSSR count). The highest BCUT2D eigenvalue weighted by molar-refractivity contribution is 5.03. The number of hydrogen-bond donors (Lipinski definition) is 0. The molecule has 0 aromatic rings. The van der Waals surface area contributed by atoms with Crippen molar-refractivity contribution in [1.82, 2.24) is 0 Å². The van der Waals surface area contributed by atoms with Crippen LogP contribution < -0.4 is 0 Å². The summed E-state index contributed by atoms with van der Waals surface area (Å²) in [6, 6.07) is 0. The summed E-state index contributed by atoms with van der Waals surface area (Å²) in [7, 11) is 2.34. The largest absolute Gasteiger partial charge is 0.296 e. The van der Waals surface area contributed by atoms with E-state index in [4.69, 9.17) is 0 Å². The molecule has 0 saturated heterocycles. The quantitative estimate of drug-likeness (QED) is 0.344. The Morgan fingerprint density at radius 3 is 1.89 bits per heavy atom. The predicted molar refractivity (Wildman–Crippen MR) is 86.0 cm³/mol. The Morgan fingerprint density at radius 1 is 0.789 bits per heavy atom. The lowest BCUT2D eigenvalue weighted by atomic mass is 10.1. The van der Waals surface area contributed by atoms with Crippen molar-refractivity contribution in [2.45, 2.75) is 71.1 Å². The van der Waals surface area contributed by atoms with Crippen molar-refractivity contribution in [2.24, 2.45) is 0 Å². The van der Waals surface area contributed by atoms with Gasteiger partial charge in [0.1, 0.15) is 6.54 Å². The summed E-state index contributed by atoms with van der Waals surface area (Å²) < 4.78 is 1.10. The van der Waals surface area contributed by atoms with Crippen LogP contribution >= 0.6 is 0 Å². The zero-order valence-corrected chi connectivity index (χ0v) is 13.2. The Kier molecular flexibility index (Phi) is 8.90. The van der Waals surface area contributed by atoms with Crippen LogP contribution in [0.3, 0.4) is 0 Å². The van der Waals surface area contributed by atoms with Gasteiger partial charge < -0.3 is 0 Å².